The van der Waals surface area contributed by atoms with Crippen molar-refractivity contribution in [1.82, 2.24) is 4.90 Å². The monoisotopic (exact) mass is 256 g/mol. The van der Waals surface area contributed by atoms with Crippen molar-refractivity contribution in [1.29, 1.82) is 5.26 Å². The van der Waals surface area contributed by atoms with Crippen LogP contribution in [0.3, 0.4) is 0 Å². The number of nitrogens with zero attached hydrogens (tertiary/aromatic N) is 2. The van der Waals surface area contributed by atoms with Gasteiger partial charge in [0.15, 0.2) is 0 Å². The van der Waals surface area contributed by atoms with Crippen molar-refractivity contribution in [2.75, 3.05) is 13.1 Å². The van der Waals surface area contributed by atoms with Crippen LogP contribution in [0.4, 0.5) is 0 Å². The van der Waals surface area contributed by atoms with Crippen molar-refractivity contribution in [3.63, 3.8) is 0 Å². The summed E-state index contributed by atoms with van der Waals surface area (Å²) in [4.78, 5) is 13.9. The maximum atomic E-state index is 12.2. The van der Waals surface area contributed by atoms with Crippen molar-refractivity contribution < 1.29 is 9.90 Å². The molecule has 1 aromatic rings. The Bertz CT molecular complexity index is 537. The lowest BCUT2D eigenvalue weighted by molar-refractivity contribution is -0.127. The van der Waals surface area contributed by atoms with Crippen LogP contribution in [0.5, 0.6) is 5.75 Å². The van der Waals surface area contributed by atoms with Crippen LogP contribution >= 0.6 is 0 Å². The van der Waals surface area contributed by atoms with E-state index in [0.29, 0.717) is 5.56 Å². The summed E-state index contributed by atoms with van der Waals surface area (Å²) in [5.74, 6) is -0.0954. The van der Waals surface area contributed by atoms with Crippen LogP contribution < -0.4 is 0 Å². The van der Waals surface area contributed by atoms with Crippen molar-refractivity contribution >= 4 is 12.0 Å². The Balaban J connectivity index is 2.19. The number of phenols is 1. The number of aromatic hydroxyl groups is 1. The van der Waals surface area contributed by atoms with Gasteiger partial charge in [-0.15, -0.1) is 0 Å². The zero-order chi connectivity index (χ0) is 13.7. The van der Waals surface area contributed by atoms with Crippen LogP contribution in [-0.2, 0) is 4.79 Å². The Morgan fingerprint density at radius 2 is 2.05 bits per heavy atom. The van der Waals surface area contributed by atoms with Gasteiger partial charge >= 0.3 is 0 Å². The molecule has 1 aliphatic rings. The summed E-state index contributed by atoms with van der Waals surface area (Å²) in [5.41, 5.74) is 0.773. The van der Waals surface area contributed by atoms with E-state index in [9.17, 15) is 9.90 Å². The standard InChI is InChI=1S/C15H16N2O2/c16-11-13(9-12-5-4-6-14(18)10-12)15(19)17-7-2-1-3-8-17/h4-6,9-10,18H,1-3,7-8H2. The molecule has 0 bridgehead atoms. The fraction of sp³-hybridized carbons (Fsp3) is 0.333. The number of hydrogen-bond acceptors (Lipinski definition) is 3. The molecule has 98 valence electrons. The Morgan fingerprint density at radius 3 is 2.68 bits per heavy atom. The van der Waals surface area contributed by atoms with Crippen molar-refractivity contribution in [2.24, 2.45) is 0 Å². The van der Waals surface area contributed by atoms with Crippen LogP contribution in [0.25, 0.3) is 6.08 Å². The average Bonchev–Trinajstić information content (AvgIpc) is 2.45. The molecule has 0 aliphatic carbocycles. The van der Waals surface area contributed by atoms with Crippen LogP contribution in [0.2, 0.25) is 0 Å². The molecule has 1 heterocycles. The maximum Gasteiger partial charge on any atom is 0.264 e. The summed E-state index contributed by atoms with van der Waals surface area (Å²) < 4.78 is 0. The second kappa shape index (κ2) is 6.05. The van der Waals surface area contributed by atoms with Gasteiger partial charge in [0.05, 0.1) is 0 Å². The third-order valence-electron chi connectivity index (χ3n) is 3.18. The van der Waals surface area contributed by atoms with E-state index in [2.05, 4.69) is 0 Å². The van der Waals surface area contributed by atoms with Crippen LogP contribution in [0.15, 0.2) is 29.8 Å². The van der Waals surface area contributed by atoms with Crippen LogP contribution in [0, 0.1) is 11.3 Å². The molecule has 0 unspecified atom stereocenters. The van der Waals surface area contributed by atoms with E-state index in [1.54, 1.807) is 23.1 Å². The largest absolute Gasteiger partial charge is 0.508 e. The normalized spacial score (nSPS) is 15.9. The minimum atomic E-state index is -0.217. The Labute approximate surface area is 112 Å². The first kappa shape index (κ1) is 13.2. The molecule has 0 spiro atoms. The predicted molar refractivity (Wildman–Crippen MR) is 72.1 cm³/mol. The van der Waals surface area contributed by atoms with Gasteiger partial charge in [0, 0.05) is 13.1 Å². The highest BCUT2D eigenvalue weighted by Gasteiger charge is 2.20. The molecule has 0 aromatic heterocycles. The molecule has 4 heteroatoms. The lowest BCUT2D eigenvalue weighted by Crippen LogP contribution is -2.36. The Morgan fingerprint density at radius 1 is 1.32 bits per heavy atom. The number of piperidine rings is 1. The highest BCUT2D eigenvalue weighted by molar-refractivity contribution is 6.01. The van der Waals surface area contributed by atoms with Gasteiger partial charge in [-0.3, -0.25) is 4.79 Å². The summed E-state index contributed by atoms with van der Waals surface area (Å²) in [5, 5.41) is 18.5. The fourth-order valence-electron chi connectivity index (χ4n) is 2.19. The average molecular weight is 256 g/mol. The van der Waals surface area contributed by atoms with Crippen molar-refractivity contribution in [3.05, 3.63) is 35.4 Å². The molecule has 0 atom stereocenters. The Kier molecular flexibility index (Phi) is 4.19. The molecule has 1 fully saturated rings. The topological polar surface area (TPSA) is 64.3 Å². The number of amides is 1. The Hall–Kier alpha value is -2.28. The maximum absolute atomic E-state index is 12.2. The molecule has 0 saturated carbocycles. The molecule has 1 aliphatic heterocycles. The first-order valence-corrected chi connectivity index (χ1v) is 6.41. The molecule has 1 amide bonds. The molecule has 4 nitrogen and oxygen atoms in total. The minimum absolute atomic E-state index is 0.118. The summed E-state index contributed by atoms with van der Waals surface area (Å²) in [6.45, 7) is 1.44. The number of phenolic OH excluding ortho intramolecular Hbond substituents is 1. The number of rotatable bonds is 2. The van der Waals surface area contributed by atoms with E-state index < -0.39 is 0 Å². The number of carbonyl (C=O) groups excluding carboxylic acids is 1. The molecule has 1 N–H and O–H groups in total. The van der Waals surface area contributed by atoms with Gasteiger partial charge in [0.2, 0.25) is 0 Å². The lowest BCUT2D eigenvalue weighted by Gasteiger charge is -2.26. The minimum Gasteiger partial charge on any atom is -0.508 e. The highest BCUT2D eigenvalue weighted by Crippen LogP contribution is 2.17. The predicted octanol–water partition coefficient (Wildman–Crippen LogP) is 2.31. The smallest absolute Gasteiger partial charge is 0.264 e. The second-order valence-electron chi connectivity index (χ2n) is 4.62. The van der Waals surface area contributed by atoms with Gasteiger partial charge in [0.25, 0.3) is 5.91 Å². The van der Waals surface area contributed by atoms with E-state index in [1.165, 1.54) is 12.1 Å². The van der Waals surface area contributed by atoms with Crippen LogP contribution in [-0.4, -0.2) is 29.0 Å². The second-order valence-corrected chi connectivity index (χ2v) is 4.62. The molecular formula is C15H16N2O2. The summed E-state index contributed by atoms with van der Waals surface area (Å²) in [6.07, 6.45) is 4.66. The van der Waals surface area contributed by atoms with Gasteiger partial charge in [0.1, 0.15) is 17.4 Å². The summed E-state index contributed by atoms with van der Waals surface area (Å²) in [6, 6.07) is 8.47. The van der Waals surface area contributed by atoms with Crippen molar-refractivity contribution in [2.45, 2.75) is 19.3 Å². The SMILES string of the molecule is N#CC(=Cc1cccc(O)c1)C(=O)N1CCCCC1. The van der Waals surface area contributed by atoms with E-state index in [-0.39, 0.29) is 17.2 Å². The molecule has 1 saturated heterocycles. The molecule has 1 aromatic carbocycles. The number of benzene rings is 1. The van der Waals surface area contributed by atoms with Gasteiger partial charge < -0.3 is 10.0 Å². The van der Waals surface area contributed by atoms with Gasteiger partial charge in [-0.25, -0.2) is 0 Å². The quantitative estimate of drug-likeness (QED) is 0.652. The van der Waals surface area contributed by atoms with Crippen molar-refractivity contribution in [3.8, 4) is 11.8 Å². The summed E-state index contributed by atoms with van der Waals surface area (Å²) in [7, 11) is 0. The molecular weight excluding hydrogens is 240 g/mol. The van der Waals surface area contributed by atoms with Gasteiger partial charge in [-0.2, -0.15) is 5.26 Å². The van der Waals surface area contributed by atoms with E-state index in [4.69, 9.17) is 5.26 Å². The van der Waals surface area contributed by atoms with E-state index >= 15 is 0 Å². The number of carbonyl (C=O) groups is 1. The van der Waals surface area contributed by atoms with E-state index in [1.807, 2.05) is 6.07 Å². The zero-order valence-corrected chi connectivity index (χ0v) is 10.7. The first-order valence-electron chi connectivity index (χ1n) is 6.41. The van der Waals surface area contributed by atoms with Gasteiger partial charge in [-0.1, -0.05) is 12.1 Å². The lowest BCUT2D eigenvalue weighted by atomic mass is 10.1. The van der Waals surface area contributed by atoms with E-state index in [0.717, 1.165) is 32.4 Å². The van der Waals surface area contributed by atoms with Gasteiger partial charge in [-0.05, 0) is 43.0 Å². The molecule has 0 radical (unpaired) electrons. The third kappa shape index (κ3) is 3.35. The number of hydrogen-bond donors (Lipinski definition) is 1. The number of likely N-dealkylation sites (tertiary alicyclic amines) is 1. The molecule has 19 heavy (non-hydrogen) atoms. The number of nitriles is 1. The zero-order valence-electron chi connectivity index (χ0n) is 10.7. The first-order chi connectivity index (χ1) is 9.20. The third-order valence-corrected chi connectivity index (χ3v) is 3.18. The van der Waals surface area contributed by atoms with Crippen LogP contribution in [0.1, 0.15) is 24.8 Å². The highest BCUT2D eigenvalue weighted by atomic mass is 16.3. The summed E-state index contributed by atoms with van der Waals surface area (Å²) >= 11 is 0. The molecule has 2 rings (SSSR count). The fourth-order valence-corrected chi connectivity index (χ4v) is 2.19.